The Morgan fingerprint density at radius 1 is 1.08 bits per heavy atom. The minimum absolute atomic E-state index is 0.0558. The summed E-state index contributed by atoms with van der Waals surface area (Å²) in [6.07, 6.45) is 0.656. The van der Waals surface area contributed by atoms with Gasteiger partial charge in [0.2, 0.25) is 0 Å². The van der Waals surface area contributed by atoms with Gasteiger partial charge in [-0.1, -0.05) is 17.7 Å². The van der Waals surface area contributed by atoms with E-state index >= 15 is 0 Å². The molecule has 7 heteroatoms. The number of hydrogen-bond acceptors (Lipinski definition) is 5. The highest BCUT2D eigenvalue weighted by molar-refractivity contribution is 7.90. The summed E-state index contributed by atoms with van der Waals surface area (Å²) in [6, 6.07) is 12.3. The van der Waals surface area contributed by atoms with E-state index in [1.807, 2.05) is 6.92 Å². The summed E-state index contributed by atoms with van der Waals surface area (Å²) in [5, 5.41) is 0.459. The van der Waals surface area contributed by atoms with Crippen molar-refractivity contribution >= 4 is 33.2 Å². The SMILES string of the molecule is COC(=O)c1cc2cc(C=O)ccc2n1S(=O)(=O)c1ccc(C)cc1. The number of benzene rings is 2. The van der Waals surface area contributed by atoms with Crippen LogP contribution in [0.4, 0.5) is 0 Å². The summed E-state index contributed by atoms with van der Waals surface area (Å²) in [7, 11) is -2.84. The fourth-order valence-corrected chi connectivity index (χ4v) is 4.11. The number of rotatable bonds is 4. The highest BCUT2D eigenvalue weighted by Crippen LogP contribution is 2.27. The minimum Gasteiger partial charge on any atom is -0.464 e. The first-order chi connectivity index (χ1) is 11.9. The van der Waals surface area contributed by atoms with Gasteiger partial charge in [0.1, 0.15) is 12.0 Å². The maximum Gasteiger partial charge on any atom is 0.355 e. The molecular formula is C18H15NO5S. The number of fused-ring (bicyclic) bond motifs is 1. The molecule has 0 aliphatic carbocycles. The van der Waals surface area contributed by atoms with Crippen LogP contribution in [0.15, 0.2) is 53.4 Å². The third-order valence-electron chi connectivity index (χ3n) is 3.87. The summed E-state index contributed by atoms with van der Waals surface area (Å²) < 4.78 is 31.9. The Labute approximate surface area is 144 Å². The highest BCUT2D eigenvalue weighted by Gasteiger charge is 2.26. The van der Waals surface area contributed by atoms with Crippen LogP contribution < -0.4 is 0 Å². The van der Waals surface area contributed by atoms with Gasteiger partial charge in [0.05, 0.1) is 17.5 Å². The number of carbonyl (C=O) groups excluding carboxylic acids is 2. The van der Waals surface area contributed by atoms with Crippen LogP contribution in [0.25, 0.3) is 10.9 Å². The first kappa shape index (κ1) is 16.9. The Kier molecular flexibility index (Phi) is 4.18. The maximum atomic E-state index is 13.1. The number of carbonyl (C=O) groups is 2. The van der Waals surface area contributed by atoms with Crippen molar-refractivity contribution in [2.75, 3.05) is 7.11 Å². The predicted octanol–water partition coefficient (Wildman–Crippen LogP) is 2.79. The number of aldehydes is 1. The molecule has 0 amide bonds. The van der Waals surface area contributed by atoms with Crippen LogP contribution in [0.3, 0.4) is 0 Å². The number of nitrogens with zero attached hydrogens (tertiary/aromatic N) is 1. The van der Waals surface area contributed by atoms with Gasteiger partial charge in [-0.15, -0.1) is 0 Å². The van der Waals surface area contributed by atoms with E-state index in [2.05, 4.69) is 0 Å². The Morgan fingerprint density at radius 3 is 2.36 bits per heavy atom. The molecule has 1 heterocycles. The number of aryl methyl sites for hydroxylation is 1. The predicted molar refractivity (Wildman–Crippen MR) is 92.4 cm³/mol. The topological polar surface area (TPSA) is 82.4 Å². The van der Waals surface area contributed by atoms with Crippen LogP contribution in [0.1, 0.15) is 26.4 Å². The molecule has 0 saturated carbocycles. The van der Waals surface area contributed by atoms with Gasteiger partial charge < -0.3 is 4.74 Å². The summed E-state index contributed by atoms with van der Waals surface area (Å²) in [5.74, 6) is -0.778. The van der Waals surface area contributed by atoms with Gasteiger partial charge in [-0.2, -0.15) is 0 Å². The second-order valence-electron chi connectivity index (χ2n) is 5.54. The molecule has 0 unspecified atom stereocenters. The van der Waals surface area contributed by atoms with Crippen LogP contribution in [0.5, 0.6) is 0 Å². The van der Waals surface area contributed by atoms with Crippen molar-refractivity contribution in [1.82, 2.24) is 3.97 Å². The van der Waals surface area contributed by atoms with Gasteiger partial charge in [-0.25, -0.2) is 17.2 Å². The van der Waals surface area contributed by atoms with E-state index in [9.17, 15) is 18.0 Å². The molecule has 0 spiro atoms. The fourth-order valence-electron chi connectivity index (χ4n) is 2.60. The van der Waals surface area contributed by atoms with Gasteiger partial charge in [0.15, 0.2) is 0 Å². The molecule has 0 atom stereocenters. The van der Waals surface area contributed by atoms with Crippen LogP contribution in [-0.2, 0) is 14.8 Å². The van der Waals surface area contributed by atoms with E-state index in [0.29, 0.717) is 22.8 Å². The smallest absolute Gasteiger partial charge is 0.355 e. The molecule has 0 radical (unpaired) electrons. The first-order valence-electron chi connectivity index (χ1n) is 7.39. The van der Waals surface area contributed by atoms with E-state index in [1.165, 1.54) is 43.5 Å². The summed E-state index contributed by atoms with van der Waals surface area (Å²) in [5.41, 5.74) is 1.47. The van der Waals surface area contributed by atoms with Crippen molar-refractivity contribution in [3.05, 3.63) is 65.4 Å². The first-order valence-corrected chi connectivity index (χ1v) is 8.83. The van der Waals surface area contributed by atoms with Crippen molar-refractivity contribution in [1.29, 1.82) is 0 Å². The minimum atomic E-state index is -4.02. The van der Waals surface area contributed by atoms with Crippen molar-refractivity contribution in [2.24, 2.45) is 0 Å². The van der Waals surface area contributed by atoms with E-state index in [0.717, 1.165) is 9.54 Å². The van der Waals surface area contributed by atoms with Crippen LogP contribution in [-0.4, -0.2) is 31.8 Å². The molecular weight excluding hydrogens is 342 g/mol. The van der Waals surface area contributed by atoms with E-state index in [-0.39, 0.29) is 10.6 Å². The molecule has 0 fully saturated rings. The molecule has 0 saturated heterocycles. The molecule has 0 bridgehead atoms. The van der Waals surface area contributed by atoms with Crippen LogP contribution >= 0.6 is 0 Å². The highest BCUT2D eigenvalue weighted by atomic mass is 32.2. The normalized spacial score (nSPS) is 11.4. The molecule has 25 heavy (non-hydrogen) atoms. The molecule has 3 rings (SSSR count). The molecule has 0 aliphatic heterocycles. The number of aromatic nitrogens is 1. The molecule has 0 N–H and O–H groups in total. The van der Waals surface area contributed by atoms with Crippen molar-refractivity contribution in [2.45, 2.75) is 11.8 Å². The standard InChI is InChI=1S/C18H15NO5S/c1-12-3-6-15(7-4-12)25(22,23)19-16-8-5-13(11-20)9-14(16)10-17(19)18(21)24-2/h3-11H,1-2H3. The van der Waals surface area contributed by atoms with Gasteiger partial charge in [0.25, 0.3) is 10.0 Å². The third-order valence-corrected chi connectivity index (χ3v) is 5.61. The van der Waals surface area contributed by atoms with Gasteiger partial charge in [-0.3, -0.25) is 4.79 Å². The lowest BCUT2D eigenvalue weighted by atomic mass is 10.2. The van der Waals surface area contributed by atoms with E-state index < -0.39 is 16.0 Å². The fraction of sp³-hybridized carbons (Fsp3) is 0.111. The average molecular weight is 357 g/mol. The number of hydrogen-bond donors (Lipinski definition) is 0. The number of methoxy groups -OCH3 is 1. The second kappa shape index (κ2) is 6.18. The lowest BCUT2D eigenvalue weighted by Gasteiger charge is -2.11. The molecule has 0 aliphatic rings. The summed E-state index contributed by atoms with van der Waals surface area (Å²) >= 11 is 0. The van der Waals surface area contributed by atoms with E-state index in [4.69, 9.17) is 4.74 Å². The van der Waals surface area contributed by atoms with Crippen LogP contribution in [0, 0.1) is 6.92 Å². The Hall–Kier alpha value is -2.93. The Morgan fingerprint density at radius 2 is 1.76 bits per heavy atom. The monoisotopic (exact) mass is 357 g/mol. The largest absolute Gasteiger partial charge is 0.464 e. The van der Waals surface area contributed by atoms with Gasteiger partial charge in [0, 0.05) is 10.9 Å². The Balaban J connectivity index is 2.34. The maximum absolute atomic E-state index is 13.1. The summed E-state index contributed by atoms with van der Waals surface area (Å²) in [4.78, 5) is 23.1. The number of ether oxygens (including phenoxy) is 1. The summed E-state index contributed by atoms with van der Waals surface area (Å²) in [6.45, 7) is 1.85. The second-order valence-corrected chi connectivity index (χ2v) is 7.33. The molecule has 128 valence electrons. The zero-order valence-electron chi connectivity index (χ0n) is 13.6. The molecule has 3 aromatic rings. The van der Waals surface area contributed by atoms with Crippen molar-refractivity contribution in [3.63, 3.8) is 0 Å². The third kappa shape index (κ3) is 2.83. The molecule has 2 aromatic carbocycles. The molecule has 1 aromatic heterocycles. The lowest BCUT2D eigenvalue weighted by Crippen LogP contribution is -2.19. The number of esters is 1. The zero-order valence-corrected chi connectivity index (χ0v) is 14.4. The molecule has 6 nitrogen and oxygen atoms in total. The average Bonchev–Trinajstić information content (AvgIpc) is 3.00. The van der Waals surface area contributed by atoms with Crippen molar-refractivity contribution < 1.29 is 22.7 Å². The van der Waals surface area contributed by atoms with Gasteiger partial charge in [-0.05, 0) is 43.3 Å². The Bertz CT molecular complexity index is 1080. The quantitative estimate of drug-likeness (QED) is 0.530. The zero-order chi connectivity index (χ0) is 18.2. The van der Waals surface area contributed by atoms with Crippen molar-refractivity contribution in [3.8, 4) is 0 Å². The van der Waals surface area contributed by atoms with Crippen LogP contribution in [0.2, 0.25) is 0 Å². The lowest BCUT2D eigenvalue weighted by molar-refractivity contribution is 0.0593. The van der Waals surface area contributed by atoms with Gasteiger partial charge >= 0.3 is 5.97 Å². The van der Waals surface area contributed by atoms with E-state index in [1.54, 1.807) is 12.1 Å².